The molecule has 1 N–H and O–H groups in total. The van der Waals surface area contributed by atoms with Crippen molar-refractivity contribution in [2.75, 3.05) is 18.4 Å². The monoisotopic (exact) mass is 360 g/mol. The SMILES string of the molecule is O=C(Nc1ccccc1Cl)N1CC(c2nc(-c3cccs3)no2)C1. The van der Waals surface area contributed by atoms with Crippen molar-refractivity contribution in [3.8, 4) is 10.7 Å². The maximum Gasteiger partial charge on any atom is 0.321 e. The highest BCUT2D eigenvalue weighted by molar-refractivity contribution is 7.13. The van der Waals surface area contributed by atoms with Crippen LogP contribution in [0.3, 0.4) is 0 Å². The van der Waals surface area contributed by atoms with Gasteiger partial charge in [-0.15, -0.1) is 11.3 Å². The fourth-order valence-corrected chi connectivity index (χ4v) is 3.30. The van der Waals surface area contributed by atoms with Crippen LogP contribution in [0.15, 0.2) is 46.3 Å². The first-order valence-electron chi connectivity index (χ1n) is 7.38. The molecule has 0 bridgehead atoms. The molecule has 0 spiro atoms. The van der Waals surface area contributed by atoms with Gasteiger partial charge in [0.05, 0.1) is 21.5 Å². The van der Waals surface area contributed by atoms with Gasteiger partial charge in [0.2, 0.25) is 11.7 Å². The zero-order valence-electron chi connectivity index (χ0n) is 12.5. The Bertz CT molecular complexity index is 859. The van der Waals surface area contributed by atoms with E-state index in [1.165, 1.54) is 0 Å². The number of likely N-dealkylation sites (tertiary alicyclic amines) is 1. The zero-order chi connectivity index (χ0) is 16.5. The van der Waals surface area contributed by atoms with Crippen molar-refractivity contribution in [1.29, 1.82) is 0 Å². The average Bonchev–Trinajstić information content (AvgIpc) is 3.19. The topological polar surface area (TPSA) is 71.3 Å². The van der Waals surface area contributed by atoms with Crippen molar-refractivity contribution in [3.63, 3.8) is 0 Å². The summed E-state index contributed by atoms with van der Waals surface area (Å²) < 4.78 is 5.32. The fraction of sp³-hybridized carbons (Fsp3) is 0.188. The van der Waals surface area contributed by atoms with Gasteiger partial charge < -0.3 is 14.7 Å². The average molecular weight is 361 g/mol. The number of carbonyl (C=O) groups is 1. The van der Waals surface area contributed by atoms with Crippen LogP contribution in [0.1, 0.15) is 11.8 Å². The number of nitrogens with zero attached hydrogens (tertiary/aromatic N) is 3. The van der Waals surface area contributed by atoms with Crippen molar-refractivity contribution in [2.24, 2.45) is 0 Å². The molecule has 0 radical (unpaired) electrons. The number of nitrogens with one attached hydrogen (secondary N) is 1. The van der Waals surface area contributed by atoms with Gasteiger partial charge >= 0.3 is 6.03 Å². The fourth-order valence-electron chi connectivity index (χ4n) is 2.46. The molecular formula is C16H13ClN4O2S. The number of thiophene rings is 1. The van der Waals surface area contributed by atoms with Crippen molar-refractivity contribution < 1.29 is 9.32 Å². The number of aromatic nitrogens is 2. The lowest BCUT2D eigenvalue weighted by atomic mass is 10.0. The molecule has 8 heteroatoms. The van der Waals surface area contributed by atoms with Crippen LogP contribution in [0, 0.1) is 0 Å². The van der Waals surface area contributed by atoms with E-state index in [0.717, 1.165) is 4.88 Å². The lowest BCUT2D eigenvalue weighted by molar-refractivity contribution is 0.147. The van der Waals surface area contributed by atoms with Gasteiger partial charge in [-0.25, -0.2) is 4.79 Å². The van der Waals surface area contributed by atoms with Crippen LogP contribution >= 0.6 is 22.9 Å². The minimum absolute atomic E-state index is 0.0724. The van der Waals surface area contributed by atoms with Gasteiger partial charge in [-0.05, 0) is 23.6 Å². The Hall–Kier alpha value is -2.38. The number of benzene rings is 1. The molecule has 4 rings (SSSR count). The van der Waals surface area contributed by atoms with E-state index in [2.05, 4.69) is 15.5 Å². The molecule has 1 fully saturated rings. The van der Waals surface area contributed by atoms with E-state index in [9.17, 15) is 4.79 Å². The van der Waals surface area contributed by atoms with E-state index >= 15 is 0 Å². The minimum Gasteiger partial charge on any atom is -0.339 e. The lowest BCUT2D eigenvalue weighted by Crippen LogP contribution is -2.50. The molecule has 2 amide bonds. The van der Waals surface area contributed by atoms with Crippen molar-refractivity contribution >= 4 is 34.7 Å². The third-order valence-electron chi connectivity index (χ3n) is 3.82. The Morgan fingerprint density at radius 2 is 2.12 bits per heavy atom. The number of urea groups is 1. The number of halogens is 1. The molecule has 0 unspecified atom stereocenters. The quantitative estimate of drug-likeness (QED) is 0.763. The highest BCUT2D eigenvalue weighted by Crippen LogP contribution is 2.30. The van der Waals surface area contributed by atoms with Gasteiger partial charge in [0.1, 0.15) is 0 Å². The van der Waals surface area contributed by atoms with Crippen molar-refractivity contribution in [2.45, 2.75) is 5.92 Å². The molecule has 0 aliphatic carbocycles. The first-order valence-corrected chi connectivity index (χ1v) is 8.64. The number of carbonyl (C=O) groups excluding carboxylic acids is 1. The van der Waals surface area contributed by atoms with E-state index in [0.29, 0.717) is 35.5 Å². The summed E-state index contributed by atoms with van der Waals surface area (Å²) in [7, 11) is 0. The van der Waals surface area contributed by atoms with Gasteiger partial charge in [0.15, 0.2) is 0 Å². The molecule has 1 aliphatic rings. The molecule has 3 heterocycles. The van der Waals surface area contributed by atoms with Crippen LogP contribution in [0.25, 0.3) is 10.7 Å². The Kier molecular flexibility index (Phi) is 3.95. The van der Waals surface area contributed by atoms with Crippen LogP contribution in [0.4, 0.5) is 10.5 Å². The smallest absolute Gasteiger partial charge is 0.321 e. The molecule has 3 aromatic rings. The molecule has 0 atom stereocenters. The second-order valence-electron chi connectivity index (χ2n) is 5.45. The molecule has 122 valence electrons. The Morgan fingerprint density at radius 3 is 2.88 bits per heavy atom. The molecule has 24 heavy (non-hydrogen) atoms. The molecule has 1 aliphatic heterocycles. The highest BCUT2D eigenvalue weighted by atomic mass is 35.5. The van der Waals surface area contributed by atoms with Crippen LogP contribution in [0.2, 0.25) is 5.02 Å². The van der Waals surface area contributed by atoms with Gasteiger partial charge in [-0.2, -0.15) is 4.98 Å². The predicted octanol–water partition coefficient (Wildman–Crippen LogP) is 4.08. The number of hydrogen-bond acceptors (Lipinski definition) is 5. The van der Waals surface area contributed by atoms with E-state index in [1.807, 2.05) is 29.6 Å². The summed E-state index contributed by atoms with van der Waals surface area (Å²) in [6, 6.07) is 10.9. The standard InChI is InChI=1S/C16H13ClN4O2S/c17-11-4-1-2-5-12(11)18-16(22)21-8-10(9-21)15-19-14(20-23-15)13-6-3-7-24-13/h1-7,10H,8-9H2,(H,18,22). The zero-order valence-corrected chi connectivity index (χ0v) is 14.0. The number of amides is 2. The Balaban J connectivity index is 1.36. The predicted molar refractivity (Wildman–Crippen MR) is 92.4 cm³/mol. The molecule has 2 aromatic heterocycles. The van der Waals surface area contributed by atoms with E-state index in [-0.39, 0.29) is 11.9 Å². The number of hydrogen-bond donors (Lipinski definition) is 1. The van der Waals surface area contributed by atoms with E-state index in [4.69, 9.17) is 16.1 Å². The first kappa shape index (κ1) is 15.2. The summed E-state index contributed by atoms with van der Waals surface area (Å²) >= 11 is 7.61. The second-order valence-corrected chi connectivity index (χ2v) is 6.80. The van der Waals surface area contributed by atoms with Crippen LogP contribution in [-0.4, -0.2) is 34.2 Å². The summed E-state index contributed by atoms with van der Waals surface area (Å²) in [5.41, 5.74) is 0.602. The van der Waals surface area contributed by atoms with Gasteiger partial charge in [-0.1, -0.05) is 35.0 Å². The second kappa shape index (κ2) is 6.26. The maximum absolute atomic E-state index is 12.2. The maximum atomic E-state index is 12.2. The Labute approximate surface area is 147 Å². The summed E-state index contributed by atoms with van der Waals surface area (Å²) in [6.07, 6.45) is 0. The first-order chi connectivity index (χ1) is 11.7. The van der Waals surface area contributed by atoms with E-state index < -0.39 is 0 Å². The van der Waals surface area contributed by atoms with Crippen LogP contribution in [-0.2, 0) is 0 Å². The van der Waals surface area contributed by atoms with Crippen molar-refractivity contribution in [3.05, 3.63) is 52.7 Å². The third-order valence-corrected chi connectivity index (χ3v) is 5.01. The third kappa shape index (κ3) is 2.88. The summed E-state index contributed by atoms with van der Waals surface area (Å²) in [5.74, 6) is 1.24. The molecule has 6 nitrogen and oxygen atoms in total. The molecule has 1 saturated heterocycles. The van der Waals surface area contributed by atoms with Crippen molar-refractivity contribution in [1.82, 2.24) is 15.0 Å². The van der Waals surface area contributed by atoms with Gasteiger partial charge in [0, 0.05) is 13.1 Å². The van der Waals surface area contributed by atoms with Gasteiger partial charge in [-0.3, -0.25) is 0 Å². The molecular weight excluding hydrogens is 348 g/mol. The highest BCUT2D eigenvalue weighted by Gasteiger charge is 2.36. The van der Waals surface area contributed by atoms with Crippen LogP contribution in [0.5, 0.6) is 0 Å². The van der Waals surface area contributed by atoms with Crippen LogP contribution < -0.4 is 5.32 Å². The Morgan fingerprint density at radius 1 is 1.29 bits per heavy atom. The normalized spacial score (nSPS) is 14.5. The number of para-hydroxylation sites is 1. The number of rotatable bonds is 3. The summed E-state index contributed by atoms with van der Waals surface area (Å²) in [4.78, 5) is 19.3. The number of anilines is 1. The largest absolute Gasteiger partial charge is 0.339 e. The summed E-state index contributed by atoms with van der Waals surface area (Å²) in [5, 5.41) is 9.28. The van der Waals surface area contributed by atoms with E-state index in [1.54, 1.807) is 28.4 Å². The summed E-state index contributed by atoms with van der Waals surface area (Å²) in [6.45, 7) is 1.09. The minimum atomic E-state index is -0.183. The lowest BCUT2D eigenvalue weighted by Gasteiger charge is -2.36. The van der Waals surface area contributed by atoms with Gasteiger partial charge in [0.25, 0.3) is 0 Å². The molecule has 1 aromatic carbocycles. The molecule has 0 saturated carbocycles.